The van der Waals surface area contributed by atoms with Crippen LogP contribution in [0.1, 0.15) is 34.3 Å². The molecule has 2 aromatic carbocycles. The quantitative estimate of drug-likeness (QED) is 0.633. The first-order chi connectivity index (χ1) is 14.0. The van der Waals surface area contributed by atoms with Gasteiger partial charge in [-0.05, 0) is 44.4 Å². The van der Waals surface area contributed by atoms with Gasteiger partial charge in [0.2, 0.25) is 5.91 Å². The van der Waals surface area contributed by atoms with Crippen LogP contribution < -0.4 is 10.6 Å². The van der Waals surface area contributed by atoms with Crippen molar-refractivity contribution < 1.29 is 9.59 Å². The lowest BCUT2D eigenvalue weighted by molar-refractivity contribution is -0.122. The molecule has 0 spiro atoms. The van der Waals surface area contributed by atoms with E-state index in [1.165, 1.54) is 5.56 Å². The van der Waals surface area contributed by atoms with Gasteiger partial charge < -0.3 is 10.6 Å². The minimum absolute atomic E-state index is 0.0887. The number of aryl methyl sites for hydroxylation is 2. The third-order valence-electron chi connectivity index (χ3n) is 5.28. The smallest absolute Gasteiger partial charge is 0.252 e. The van der Waals surface area contributed by atoms with E-state index in [0.717, 1.165) is 40.6 Å². The molecule has 1 fully saturated rings. The molecule has 0 atom stereocenters. The van der Waals surface area contributed by atoms with Crippen LogP contribution in [-0.4, -0.2) is 29.9 Å². The van der Waals surface area contributed by atoms with Crippen LogP contribution in [0.4, 0.5) is 0 Å². The van der Waals surface area contributed by atoms with E-state index < -0.39 is 0 Å². The molecule has 29 heavy (non-hydrogen) atoms. The molecule has 5 heteroatoms. The summed E-state index contributed by atoms with van der Waals surface area (Å²) in [7, 11) is 0. The van der Waals surface area contributed by atoms with Crippen molar-refractivity contribution in [3.63, 3.8) is 0 Å². The Morgan fingerprint density at radius 1 is 1.00 bits per heavy atom. The first-order valence-corrected chi connectivity index (χ1v) is 10.1. The van der Waals surface area contributed by atoms with Crippen LogP contribution in [0.25, 0.3) is 22.2 Å². The lowest BCUT2D eigenvalue weighted by Gasteiger charge is -2.12. The van der Waals surface area contributed by atoms with Gasteiger partial charge in [-0.15, -0.1) is 0 Å². The molecular formula is C24H25N3O2. The highest BCUT2D eigenvalue weighted by atomic mass is 16.2. The number of hydrogen-bond donors (Lipinski definition) is 2. The second-order valence-corrected chi connectivity index (χ2v) is 7.71. The zero-order chi connectivity index (χ0) is 20.4. The van der Waals surface area contributed by atoms with Crippen LogP contribution >= 0.6 is 0 Å². The van der Waals surface area contributed by atoms with E-state index in [0.29, 0.717) is 18.7 Å². The normalized spacial score (nSPS) is 13.3. The molecule has 0 unspecified atom stereocenters. The number of carbonyl (C=O) groups excluding carboxylic acids is 2. The molecule has 4 rings (SSSR count). The average Bonchev–Trinajstić information content (AvgIpc) is 3.55. The predicted molar refractivity (Wildman–Crippen MR) is 115 cm³/mol. The van der Waals surface area contributed by atoms with Gasteiger partial charge in [0.25, 0.3) is 5.91 Å². The first-order valence-electron chi connectivity index (χ1n) is 10.1. The summed E-state index contributed by atoms with van der Waals surface area (Å²) >= 11 is 0. The molecule has 0 bridgehead atoms. The van der Waals surface area contributed by atoms with Crippen LogP contribution in [-0.2, 0) is 4.79 Å². The van der Waals surface area contributed by atoms with E-state index in [2.05, 4.69) is 42.7 Å². The van der Waals surface area contributed by atoms with Crippen molar-refractivity contribution >= 4 is 22.7 Å². The molecule has 0 saturated heterocycles. The second-order valence-electron chi connectivity index (χ2n) is 7.71. The van der Waals surface area contributed by atoms with Crippen molar-refractivity contribution in [2.75, 3.05) is 13.1 Å². The molecule has 2 amide bonds. The fraction of sp³-hybridized carbons (Fsp3) is 0.292. The van der Waals surface area contributed by atoms with E-state index in [9.17, 15) is 9.59 Å². The molecule has 0 radical (unpaired) electrons. The van der Waals surface area contributed by atoms with Crippen LogP contribution in [0, 0.1) is 19.8 Å². The molecule has 1 aliphatic carbocycles. The van der Waals surface area contributed by atoms with Gasteiger partial charge >= 0.3 is 0 Å². The summed E-state index contributed by atoms with van der Waals surface area (Å²) in [4.78, 5) is 29.4. The standard InChI is InChI=1S/C24H25N3O2/c1-15-7-10-18(16(2)13-15)22-14-20(19-5-3-4-6-21(19)27-22)24(29)26-12-11-25-23(28)17-8-9-17/h3-7,10,13-14,17H,8-9,11-12H2,1-2H3,(H,25,28)(H,26,29). The zero-order valence-electron chi connectivity index (χ0n) is 16.8. The van der Waals surface area contributed by atoms with E-state index in [4.69, 9.17) is 4.98 Å². The highest BCUT2D eigenvalue weighted by Crippen LogP contribution is 2.29. The number of fused-ring (bicyclic) bond motifs is 1. The Morgan fingerprint density at radius 2 is 1.76 bits per heavy atom. The van der Waals surface area contributed by atoms with Gasteiger partial charge in [0.05, 0.1) is 16.8 Å². The van der Waals surface area contributed by atoms with Crippen LogP contribution in [0.5, 0.6) is 0 Å². The molecular weight excluding hydrogens is 362 g/mol. The molecule has 0 aliphatic heterocycles. The van der Waals surface area contributed by atoms with Crippen molar-refractivity contribution in [2.45, 2.75) is 26.7 Å². The Kier molecular flexibility index (Phi) is 5.30. The predicted octanol–water partition coefficient (Wildman–Crippen LogP) is 3.77. The monoisotopic (exact) mass is 387 g/mol. The number of benzene rings is 2. The second kappa shape index (κ2) is 8.03. The molecule has 3 aromatic rings. The third-order valence-corrected chi connectivity index (χ3v) is 5.28. The van der Waals surface area contributed by atoms with Crippen molar-refractivity contribution in [3.05, 3.63) is 65.2 Å². The molecule has 5 nitrogen and oxygen atoms in total. The fourth-order valence-electron chi connectivity index (χ4n) is 3.55. The first kappa shape index (κ1) is 19.1. The van der Waals surface area contributed by atoms with Gasteiger partial charge in [-0.3, -0.25) is 9.59 Å². The molecule has 1 saturated carbocycles. The summed E-state index contributed by atoms with van der Waals surface area (Å²) in [6.07, 6.45) is 1.95. The average molecular weight is 387 g/mol. The lowest BCUT2D eigenvalue weighted by Crippen LogP contribution is -2.35. The van der Waals surface area contributed by atoms with Gasteiger partial charge in [-0.2, -0.15) is 0 Å². The highest BCUT2D eigenvalue weighted by Gasteiger charge is 2.29. The van der Waals surface area contributed by atoms with E-state index >= 15 is 0 Å². The largest absolute Gasteiger partial charge is 0.354 e. The maximum atomic E-state index is 12.9. The van der Waals surface area contributed by atoms with Crippen molar-refractivity contribution in [2.24, 2.45) is 5.92 Å². The Labute approximate surface area is 170 Å². The number of aromatic nitrogens is 1. The lowest BCUT2D eigenvalue weighted by atomic mass is 9.99. The van der Waals surface area contributed by atoms with E-state index in [1.807, 2.05) is 30.3 Å². The Bertz CT molecular complexity index is 1090. The minimum Gasteiger partial charge on any atom is -0.354 e. The summed E-state index contributed by atoms with van der Waals surface area (Å²) in [5.41, 5.74) is 5.51. The van der Waals surface area contributed by atoms with Crippen LogP contribution in [0.3, 0.4) is 0 Å². The van der Waals surface area contributed by atoms with Crippen molar-refractivity contribution in [1.82, 2.24) is 15.6 Å². The number of para-hydroxylation sites is 1. The number of pyridine rings is 1. The number of amides is 2. The Balaban J connectivity index is 1.58. The van der Waals surface area contributed by atoms with E-state index in [1.54, 1.807) is 0 Å². The number of rotatable bonds is 6. The Hall–Kier alpha value is -3.21. The summed E-state index contributed by atoms with van der Waals surface area (Å²) in [6.45, 7) is 4.95. The van der Waals surface area contributed by atoms with Crippen LogP contribution in [0.2, 0.25) is 0 Å². The van der Waals surface area contributed by atoms with Gasteiger partial charge in [-0.25, -0.2) is 4.98 Å². The molecule has 1 heterocycles. The fourth-order valence-corrected chi connectivity index (χ4v) is 3.55. The third kappa shape index (κ3) is 4.29. The van der Waals surface area contributed by atoms with Crippen molar-refractivity contribution in [3.8, 4) is 11.3 Å². The van der Waals surface area contributed by atoms with Crippen LogP contribution in [0.15, 0.2) is 48.5 Å². The number of hydrogen-bond acceptors (Lipinski definition) is 3. The number of nitrogens with one attached hydrogen (secondary N) is 2. The minimum atomic E-state index is -0.157. The summed E-state index contributed by atoms with van der Waals surface area (Å²) in [6, 6.07) is 15.8. The molecule has 1 aromatic heterocycles. The molecule has 1 aliphatic rings. The maximum absolute atomic E-state index is 12.9. The zero-order valence-corrected chi connectivity index (χ0v) is 16.8. The molecule has 148 valence electrons. The number of nitrogens with zero attached hydrogens (tertiary/aromatic N) is 1. The number of carbonyl (C=O) groups is 2. The SMILES string of the molecule is Cc1ccc(-c2cc(C(=O)NCCNC(=O)C3CC3)c3ccccc3n2)c(C)c1. The van der Waals surface area contributed by atoms with Gasteiger partial charge in [0.15, 0.2) is 0 Å². The van der Waals surface area contributed by atoms with Gasteiger partial charge in [-0.1, -0.05) is 42.0 Å². The Morgan fingerprint density at radius 3 is 2.52 bits per heavy atom. The summed E-state index contributed by atoms with van der Waals surface area (Å²) < 4.78 is 0. The maximum Gasteiger partial charge on any atom is 0.252 e. The topological polar surface area (TPSA) is 71.1 Å². The summed E-state index contributed by atoms with van der Waals surface area (Å²) in [5, 5.41) is 6.62. The van der Waals surface area contributed by atoms with Gasteiger partial charge in [0.1, 0.15) is 0 Å². The van der Waals surface area contributed by atoms with Gasteiger partial charge in [0, 0.05) is 30.0 Å². The highest BCUT2D eigenvalue weighted by molar-refractivity contribution is 6.07. The summed E-state index contributed by atoms with van der Waals surface area (Å²) in [5.74, 6) is 0.108. The molecule has 2 N–H and O–H groups in total. The van der Waals surface area contributed by atoms with Crippen molar-refractivity contribution in [1.29, 1.82) is 0 Å². The van der Waals surface area contributed by atoms with E-state index in [-0.39, 0.29) is 17.7 Å².